The van der Waals surface area contributed by atoms with Crippen LogP contribution in [0.4, 0.5) is 5.69 Å². The summed E-state index contributed by atoms with van der Waals surface area (Å²) in [5.41, 5.74) is 6.26. The van der Waals surface area contributed by atoms with Gasteiger partial charge in [0.2, 0.25) is 5.79 Å². The summed E-state index contributed by atoms with van der Waals surface area (Å²) in [4.78, 5) is 30.5. The van der Waals surface area contributed by atoms with E-state index in [0.717, 1.165) is 76.7 Å². The highest BCUT2D eigenvalue weighted by molar-refractivity contribution is 8.00. The number of aromatic nitrogens is 3. The highest BCUT2D eigenvalue weighted by Gasteiger charge is 2.64. The number of aliphatic hydroxyl groups is 2. The molecule has 0 amide bonds. The van der Waals surface area contributed by atoms with Gasteiger partial charge in [-0.1, -0.05) is 36.2 Å². The summed E-state index contributed by atoms with van der Waals surface area (Å²) in [5, 5.41) is 35.8. The molecular weight excluding hydrogens is 795 g/mol. The van der Waals surface area contributed by atoms with E-state index in [4.69, 9.17) is 24.2 Å². The van der Waals surface area contributed by atoms with E-state index in [0.29, 0.717) is 38.0 Å². The molecular formula is C47H55N5O8S. The van der Waals surface area contributed by atoms with Gasteiger partial charge >= 0.3 is 0 Å². The van der Waals surface area contributed by atoms with Crippen molar-refractivity contribution in [2.45, 2.75) is 88.5 Å². The average molecular weight is 850 g/mol. The van der Waals surface area contributed by atoms with Gasteiger partial charge in [-0.3, -0.25) is 25.1 Å². The van der Waals surface area contributed by atoms with Crippen molar-refractivity contribution < 1.29 is 34.2 Å². The number of oxime groups is 1. The number of hydrogen-bond acceptors (Lipinski definition) is 13. The zero-order valence-electron chi connectivity index (χ0n) is 34.6. The largest absolute Gasteiger partial charge is 0.487 e. The van der Waals surface area contributed by atoms with Crippen molar-refractivity contribution in [2.75, 3.05) is 25.6 Å². The van der Waals surface area contributed by atoms with Crippen molar-refractivity contribution in [3.8, 4) is 11.5 Å². The summed E-state index contributed by atoms with van der Waals surface area (Å²) in [6.07, 6.45) is 15.2. The fourth-order valence-electron chi connectivity index (χ4n) is 9.07. The van der Waals surface area contributed by atoms with Crippen molar-refractivity contribution in [1.29, 1.82) is 0 Å². The lowest BCUT2D eigenvalue weighted by molar-refractivity contribution is -0.384. The lowest BCUT2D eigenvalue weighted by Crippen LogP contribution is -2.64. The summed E-state index contributed by atoms with van der Waals surface area (Å²) < 4.78 is 20.8. The smallest absolute Gasteiger partial charge is 0.269 e. The molecule has 4 aromatic rings. The molecule has 61 heavy (non-hydrogen) atoms. The SMILES string of the molecule is C=CCOC12Oc3ccc(OCc4cccc(C)n4)cc3C3C(CCCCO)C(CCCCO)C=C(C(=NOCc4ccc([N+](=O)[O-])cc4)CC1SCCc1cnccn1)C32. The molecule has 3 aliphatic rings. The van der Waals surface area contributed by atoms with Crippen LogP contribution >= 0.6 is 11.8 Å². The monoisotopic (exact) mass is 849 g/mol. The second-order valence-electron chi connectivity index (χ2n) is 15.8. The van der Waals surface area contributed by atoms with Gasteiger partial charge in [-0.05, 0) is 104 Å². The molecule has 6 unspecified atom stereocenters. The normalized spacial score (nSPS) is 23.3. The van der Waals surface area contributed by atoms with Crippen LogP contribution in [0.2, 0.25) is 0 Å². The molecule has 322 valence electrons. The first-order valence-corrected chi connectivity index (χ1v) is 22.2. The Morgan fingerprint density at radius 1 is 1.03 bits per heavy atom. The Bertz CT molecular complexity index is 2150. The van der Waals surface area contributed by atoms with Crippen LogP contribution < -0.4 is 9.47 Å². The molecule has 7 rings (SSSR count). The molecule has 2 aromatic heterocycles. The second kappa shape index (κ2) is 21.1. The molecule has 1 fully saturated rings. The quantitative estimate of drug-likeness (QED) is 0.0335. The number of aryl methyl sites for hydroxylation is 2. The predicted molar refractivity (Wildman–Crippen MR) is 234 cm³/mol. The van der Waals surface area contributed by atoms with E-state index in [2.05, 4.69) is 33.7 Å². The molecule has 0 bridgehead atoms. The van der Waals surface area contributed by atoms with Crippen LogP contribution in [0.25, 0.3) is 0 Å². The standard InChI is InChI=1S/C47H55N5O8S/c1-3-24-58-47-44(61-25-19-35-29-48-20-21-49-35)28-42(51-59-30-33-13-15-37(16-14-33)52(55)56)40-26-34(10-4-6-22-53)39(12-5-7-23-54)45(46(40)47)41-27-38(17-18-43(41)60-47)57-31-36-11-8-9-32(2)50-36/h3,8-9,11,13-18,20-21,26-27,29,34,39,44-46,53-54H,1,4-7,10,12,19,22-25,28,30-31H2,2H3. The number of thioether (sulfide) groups is 1. The molecule has 0 radical (unpaired) electrons. The van der Waals surface area contributed by atoms with Crippen molar-refractivity contribution >= 4 is 23.2 Å². The van der Waals surface area contributed by atoms with Crippen molar-refractivity contribution in [3.63, 3.8) is 0 Å². The Morgan fingerprint density at radius 2 is 1.85 bits per heavy atom. The first-order chi connectivity index (χ1) is 29.8. The van der Waals surface area contributed by atoms with Gasteiger partial charge < -0.3 is 29.3 Å². The van der Waals surface area contributed by atoms with E-state index in [1.807, 2.05) is 37.3 Å². The minimum Gasteiger partial charge on any atom is -0.487 e. The first-order valence-electron chi connectivity index (χ1n) is 21.2. The summed E-state index contributed by atoms with van der Waals surface area (Å²) in [5.74, 6) is 0.874. The van der Waals surface area contributed by atoms with Gasteiger partial charge in [0.1, 0.15) is 24.7 Å². The number of rotatable bonds is 22. The zero-order valence-corrected chi connectivity index (χ0v) is 35.5. The number of fused-ring (bicyclic) bond motifs is 2. The first kappa shape index (κ1) is 43.9. The molecule has 2 aromatic carbocycles. The lowest BCUT2D eigenvalue weighted by atomic mass is 9.56. The number of nitro groups is 1. The molecule has 1 aliphatic heterocycles. The van der Waals surface area contributed by atoms with E-state index < -0.39 is 10.7 Å². The van der Waals surface area contributed by atoms with Crippen molar-refractivity contribution in [3.05, 3.63) is 142 Å². The zero-order chi connectivity index (χ0) is 42.6. The predicted octanol–water partition coefficient (Wildman–Crippen LogP) is 8.48. The maximum absolute atomic E-state index is 11.3. The summed E-state index contributed by atoms with van der Waals surface area (Å²) in [6.45, 7) is 6.93. The lowest BCUT2D eigenvalue weighted by Gasteiger charge is -2.58. The van der Waals surface area contributed by atoms with Gasteiger partial charge in [0.15, 0.2) is 0 Å². The number of benzene rings is 2. The van der Waals surface area contributed by atoms with Gasteiger partial charge in [0.25, 0.3) is 5.69 Å². The highest BCUT2D eigenvalue weighted by Crippen LogP contribution is 2.62. The fraction of sp³-hybridized carbons (Fsp3) is 0.447. The Balaban J connectivity index is 1.33. The summed E-state index contributed by atoms with van der Waals surface area (Å²) in [7, 11) is 0. The molecule has 2 N–H and O–H groups in total. The van der Waals surface area contributed by atoms with E-state index >= 15 is 0 Å². The topological polar surface area (TPSA) is 172 Å². The van der Waals surface area contributed by atoms with Crippen LogP contribution in [0.15, 0.2) is 109 Å². The minimum absolute atomic E-state index is 0.0108. The third kappa shape index (κ3) is 10.5. The minimum atomic E-state index is -1.12. The molecule has 3 heterocycles. The number of pyridine rings is 1. The van der Waals surface area contributed by atoms with Crippen LogP contribution in [0.5, 0.6) is 11.5 Å². The number of aliphatic hydroxyl groups excluding tert-OH is 2. The molecule has 0 saturated heterocycles. The number of ether oxygens (including phenoxy) is 3. The fourth-order valence-corrected chi connectivity index (χ4v) is 10.4. The number of nitro benzene ring substituents is 1. The van der Waals surface area contributed by atoms with Crippen molar-refractivity contribution in [2.24, 2.45) is 22.9 Å². The number of unbranched alkanes of at least 4 members (excludes halogenated alkanes) is 2. The van der Waals surface area contributed by atoms with Gasteiger partial charge in [-0.2, -0.15) is 11.8 Å². The number of non-ortho nitro benzene ring substituents is 1. The molecule has 2 aliphatic carbocycles. The van der Waals surface area contributed by atoms with Gasteiger partial charge in [-0.15, -0.1) is 6.58 Å². The Kier molecular flexibility index (Phi) is 15.2. The van der Waals surface area contributed by atoms with Crippen LogP contribution in [-0.2, 0) is 29.2 Å². The van der Waals surface area contributed by atoms with Crippen LogP contribution in [0.1, 0.15) is 79.1 Å². The Morgan fingerprint density at radius 3 is 2.59 bits per heavy atom. The van der Waals surface area contributed by atoms with Gasteiger partial charge in [-0.25, -0.2) is 0 Å². The molecule has 1 saturated carbocycles. The average Bonchev–Trinajstić information content (AvgIpc) is 3.27. The van der Waals surface area contributed by atoms with E-state index in [-0.39, 0.29) is 61.0 Å². The van der Waals surface area contributed by atoms with Crippen LogP contribution in [-0.4, -0.2) is 72.4 Å². The van der Waals surface area contributed by atoms with Gasteiger partial charge in [0.05, 0.1) is 39.8 Å². The maximum atomic E-state index is 11.3. The van der Waals surface area contributed by atoms with E-state index in [1.54, 1.807) is 48.6 Å². The Hall–Kier alpha value is -5.15. The maximum Gasteiger partial charge on any atom is 0.269 e. The van der Waals surface area contributed by atoms with Crippen molar-refractivity contribution in [1.82, 2.24) is 15.0 Å². The van der Waals surface area contributed by atoms with Crippen LogP contribution in [0.3, 0.4) is 0 Å². The second-order valence-corrected chi connectivity index (χ2v) is 17.1. The third-order valence-electron chi connectivity index (χ3n) is 11.8. The molecule has 13 nitrogen and oxygen atoms in total. The number of allylic oxidation sites excluding steroid dienone is 1. The Labute approximate surface area is 361 Å². The molecule has 0 spiro atoms. The number of hydrogen-bond donors (Lipinski definition) is 2. The number of nitrogens with zero attached hydrogens (tertiary/aromatic N) is 5. The summed E-state index contributed by atoms with van der Waals surface area (Å²) in [6, 6.07) is 18.3. The molecule has 6 atom stereocenters. The molecule has 14 heteroatoms. The van der Waals surface area contributed by atoms with Gasteiger partial charge in [0, 0.05) is 74.0 Å². The highest BCUT2D eigenvalue weighted by atomic mass is 32.2. The summed E-state index contributed by atoms with van der Waals surface area (Å²) >= 11 is 1.76. The van der Waals surface area contributed by atoms with E-state index in [9.17, 15) is 20.3 Å². The van der Waals surface area contributed by atoms with Crippen LogP contribution in [0, 0.1) is 34.8 Å². The van der Waals surface area contributed by atoms with E-state index in [1.165, 1.54) is 12.1 Å². The third-order valence-corrected chi connectivity index (χ3v) is 13.1.